The largest absolute Gasteiger partial charge is 0.0683 e. The van der Waals surface area contributed by atoms with Crippen molar-refractivity contribution in [2.75, 3.05) is 0 Å². The number of pyridine rings is 1. The summed E-state index contributed by atoms with van der Waals surface area (Å²) < 4.78 is 7.49. The second-order valence-corrected chi connectivity index (χ2v) is 6.31. The third kappa shape index (κ3) is 3.52. The summed E-state index contributed by atoms with van der Waals surface area (Å²) in [7, 11) is 0. The topological polar surface area (TPSA) is 73.5 Å². The predicted molar refractivity (Wildman–Crippen MR) is 114 cm³/mol. The minimum Gasteiger partial charge on any atom is -0.0683 e. The standard InChI is InChI=1S/C19H18BN3O2.C2H6/c1-3-15(22-9-11(2)21)12-4-7-14-16(8-12)23(13-5-6-13)19(24)17-18(14)25-10-20-17;1-2/h3-4,7-10,13H,2,5-6,21H2,1H3;1-2H3/b15-3-,22-9?;. The van der Waals surface area contributed by atoms with E-state index in [2.05, 4.69) is 11.6 Å². The molecule has 2 heterocycles. The van der Waals surface area contributed by atoms with Gasteiger partial charge in [-0.25, -0.2) is 0 Å². The van der Waals surface area contributed by atoms with Crippen LogP contribution in [0.4, 0.5) is 0 Å². The minimum atomic E-state index is 0.0109. The van der Waals surface area contributed by atoms with Gasteiger partial charge in [0.05, 0.1) is 0 Å². The number of allylic oxidation sites excluding steroid dienone is 2. The van der Waals surface area contributed by atoms with Gasteiger partial charge < -0.3 is 0 Å². The van der Waals surface area contributed by atoms with Crippen molar-refractivity contribution in [2.45, 2.75) is 39.7 Å². The first-order valence-corrected chi connectivity index (χ1v) is 9.30. The smallest absolute Gasteiger partial charge is 0.0683 e. The fourth-order valence-electron chi connectivity index (χ4n) is 3.17. The molecule has 0 amide bonds. The molecule has 2 N–H and O–H groups in total. The van der Waals surface area contributed by atoms with Crippen molar-refractivity contribution in [3.8, 4) is 0 Å². The first kappa shape index (κ1) is 18.9. The van der Waals surface area contributed by atoms with E-state index in [1.54, 1.807) is 13.1 Å². The van der Waals surface area contributed by atoms with Crippen LogP contribution in [0.15, 0.2) is 56.9 Å². The van der Waals surface area contributed by atoms with E-state index in [4.69, 9.17) is 10.2 Å². The molecule has 5 nitrogen and oxygen atoms in total. The van der Waals surface area contributed by atoms with Gasteiger partial charge in [-0.3, -0.25) is 0 Å². The van der Waals surface area contributed by atoms with E-state index in [-0.39, 0.29) is 11.6 Å². The van der Waals surface area contributed by atoms with E-state index in [1.165, 1.54) is 6.21 Å². The second kappa shape index (κ2) is 7.78. The number of nitrogens with two attached hydrogens (primary N) is 1. The van der Waals surface area contributed by atoms with Crippen molar-refractivity contribution in [2.24, 2.45) is 10.7 Å². The molecule has 3 aromatic rings. The van der Waals surface area contributed by atoms with Gasteiger partial charge in [-0.15, -0.1) is 0 Å². The number of rotatable bonds is 4. The van der Waals surface area contributed by atoms with Crippen molar-refractivity contribution >= 4 is 40.6 Å². The quantitative estimate of drug-likeness (QED) is 0.702. The van der Waals surface area contributed by atoms with Crippen LogP contribution in [0.3, 0.4) is 0 Å². The zero-order valence-corrected chi connectivity index (χ0v) is 16.0. The first-order chi connectivity index (χ1) is 13.1. The maximum Gasteiger partial charge on any atom is -0.0683 e. The molecule has 2 aromatic heterocycles. The Labute approximate surface area is 159 Å². The normalized spacial score (nSPS) is 14.4. The van der Waals surface area contributed by atoms with Gasteiger partial charge >= 0.3 is 145 Å². The van der Waals surface area contributed by atoms with Gasteiger partial charge in [0.1, 0.15) is 0 Å². The molecule has 0 radical (unpaired) electrons. The fourth-order valence-corrected chi connectivity index (χ4v) is 3.17. The number of aliphatic imine (C=N–C) groups is 1. The van der Waals surface area contributed by atoms with E-state index in [0.29, 0.717) is 16.6 Å². The summed E-state index contributed by atoms with van der Waals surface area (Å²) in [5.41, 5.74) is 9.21. The molecule has 138 valence electrons. The van der Waals surface area contributed by atoms with E-state index < -0.39 is 0 Å². The summed E-state index contributed by atoms with van der Waals surface area (Å²) in [6.45, 7) is 11.3. The number of hydrogen-bond acceptors (Lipinski definition) is 4. The van der Waals surface area contributed by atoms with Crippen LogP contribution in [0.1, 0.15) is 45.2 Å². The number of benzene rings is 1. The molecular formula is C21H24BN3O2. The molecule has 1 aliphatic rings. The van der Waals surface area contributed by atoms with Crippen molar-refractivity contribution in [1.29, 1.82) is 0 Å². The van der Waals surface area contributed by atoms with Gasteiger partial charge in [0.25, 0.3) is 0 Å². The molecule has 0 saturated heterocycles. The maximum atomic E-state index is 12.9. The first-order valence-electron chi connectivity index (χ1n) is 9.30. The van der Waals surface area contributed by atoms with E-state index in [1.807, 2.05) is 49.6 Å². The monoisotopic (exact) mass is 361 g/mol. The Morgan fingerprint density at radius 1 is 1.41 bits per heavy atom. The Bertz CT molecular complexity index is 1120. The van der Waals surface area contributed by atoms with Crippen molar-refractivity contribution in [1.82, 2.24) is 4.57 Å². The van der Waals surface area contributed by atoms with E-state index in [0.717, 1.165) is 35.0 Å². The van der Waals surface area contributed by atoms with Crippen LogP contribution in [-0.2, 0) is 0 Å². The summed E-state index contributed by atoms with van der Waals surface area (Å²) in [5.74, 6) is 0. The van der Waals surface area contributed by atoms with Crippen LogP contribution in [0, 0.1) is 0 Å². The third-order valence-electron chi connectivity index (χ3n) is 4.47. The van der Waals surface area contributed by atoms with Gasteiger partial charge in [0.2, 0.25) is 0 Å². The van der Waals surface area contributed by atoms with E-state index in [9.17, 15) is 4.79 Å². The Kier molecular flexibility index (Phi) is 5.45. The van der Waals surface area contributed by atoms with Crippen LogP contribution in [-0.4, -0.2) is 17.7 Å². The summed E-state index contributed by atoms with van der Waals surface area (Å²) >= 11 is 0. The van der Waals surface area contributed by atoms with Crippen molar-refractivity contribution in [3.63, 3.8) is 0 Å². The third-order valence-corrected chi connectivity index (χ3v) is 4.47. The van der Waals surface area contributed by atoms with Gasteiger partial charge in [-0.2, -0.15) is 0 Å². The fraction of sp³-hybridized carbons (Fsp3) is 0.286. The summed E-state index contributed by atoms with van der Waals surface area (Å²) in [5, 5.41) is 1.58. The van der Waals surface area contributed by atoms with Crippen LogP contribution >= 0.6 is 0 Å². The van der Waals surface area contributed by atoms with Gasteiger partial charge in [-0.05, 0) is 0 Å². The average Bonchev–Trinajstić information content (AvgIpc) is 3.38. The molecule has 1 aliphatic carbocycles. The molecule has 27 heavy (non-hydrogen) atoms. The van der Waals surface area contributed by atoms with Gasteiger partial charge in [0.15, 0.2) is 0 Å². The molecule has 0 bridgehead atoms. The predicted octanol–water partition coefficient (Wildman–Crippen LogP) is 4.35. The van der Waals surface area contributed by atoms with Crippen molar-refractivity contribution < 1.29 is 4.42 Å². The number of fused-ring (bicyclic) bond motifs is 3. The molecule has 6 heteroatoms. The average molecular weight is 361 g/mol. The molecule has 1 aromatic carbocycles. The zero-order valence-electron chi connectivity index (χ0n) is 16.0. The van der Waals surface area contributed by atoms with Gasteiger partial charge in [0, 0.05) is 0 Å². The van der Waals surface area contributed by atoms with Crippen LogP contribution in [0.2, 0.25) is 0 Å². The number of hydrogen-bond donors (Lipinski definition) is 1. The van der Waals surface area contributed by atoms with Crippen LogP contribution in [0.25, 0.3) is 27.5 Å². The maximum absolute atomic E-state index is 12.9. The Morgan fingerprint density at radius 3 is 2.78 bits per heavy atom. The molecule has 0 unspecified atom stereocenters. The molecule has 0 aliphatic heterocycles. The molecule has 0 spiro atoms. The van der Waals surface area contributed by atoms with Crippen LogP contribution in [0.5, 0.6) is 0 Å². The summed E-state index contributed by atoms with van der Waals surface area (Å²) in [4.78, 5) is 17.3. The molecule has 4 rings (SSSR count). The van der Waals surface area contributed by atoms with Gasteiger partial charge in [-0.1, -0.05) is 13.8 Å². The molecule has 0 atom stereocenters. The Hall–Kier alpha value is -2.89. The van der Waals surface area contributed by atoms with E-state index >= 15 is 0 Å². The zero-order chi connectivity index (χ0) is 19.6. The SMILES string of the molecule is C=C(N)C=N/C(=C\C)c1ccc2c3ocbc3c(=O)n(C3CC3)c2c1.CC. The number of nitrogens with zero attached hydrogens (tertiary/aromatic N) is 2. The van der Waals surface area contributed by atoms with Crippen LogP contribution < -0.4 is 11.3 Å². The number of aromatic nitrogens is 1. The Balaban J connectivity index is 0.00000102. The summed E-state index contributed by atoms with van der Waals surface area (Å²) in [6.07, 6.45) is 7.08. The second-order valence-electron chi connectivity index (χ2n) is 6.31. The molecule has 1 saturated carbocycles. The minimum absolute atomic E-state index is 0.0109. The summed E-state index contributed by atoms with van der Waals surface area (Å²) in [6, 6.07) is 6.25. The molecular weight excluding hydrogens is 337 g/mol. The van der Waals surface area contributed by atoms with Crippen molar-refractivity contribution in [3.05, 3.63) is 58.6 Å². The Morgan fingerprint density at radius 2 is 2.15 bits per heavy atom. The molecule has 1 fully saturated rings.